The topological polar surface area (TPSA) is 92.8 Å². The minimum atomic E-state index is -4.38. The zero-order valence-corrected chi connectivity index (χ0v) is 23.1. The molecule has 0 aliphatic carbocycles. The third kappa shape index (κ3) is 7.25. The van der Waals surface area contributed by atoms with Crippen molar-refractivity contribution in [2.24, 2.45) is 5.41 Å². The van der Waals surface area contributed by atoms with E-state index in [9.17, 15) is 18.0 Å². The lowest BCUT2D eigenvalue weighted by molar-refractivity contribution is -0.137. The molecule has 10 heteroatoms. The van der Waals surface area contributed by atoms with Gasteiger partial charge in [-0.15, -0.1) is 10.2 Å². The summed E-state index contributed by atoms with van der Waals surface area (Å²) >= 11 is 0. The number of benzene rings is 3. The van der Waals surface area contributed by atoms with Gasteiger partial charge in [0.25, 0.3) is 5.91 Å². The summed E-state index contributed by atoms with van der Waals surface area (Å²) in [6, 6.07) is 16.3. The number of tetrazole rings is 1. The van der Waals surface area contributed by atoms with Crippen LogP contribution in [0.25, 0.3) is 11.1 Å². The van der Waals surface area contributed by atoms with Crippen LogP contribution in [0.2, 0.25) is 0 Å². The van der Waals surface area contributed by atoms with Crippen LogP contribution in [0.5, 0.6) is 5.75 Å². The summed E-state index contributed by atoms with van der Waals surface area (Å²) in [6.45, 7) is 10.4. The molecule has 0 saturated carbocycles. The van der Waals surface area contributed by atoms with Crippen molar-refractivity contribution in [3.63, 3.8) is 0 Å². The second-order valence-electron chi connectivity index (χ2n) is 11.0. The van der Waals surface area contributed by atoms with Gasteiger partial charge in [0.1, 0.15) is 11.9 Å². The molecular formula is C30H32F3N5O2. The second-order valence-corrected chi connectivity index (χ2v) is 11.0. The smallest absolute Gasteiger partial charge is 0.416 e. The predicted molar refractivity (Wildman–Crippen MR) is 146 cm³/mol. The van der Waals surface area contributed by atoms with E-state index in [4.69, 9.17) is 4.74 Å². The molecule has 1 aromatic heterocycles. The first-order chi connectivity index (χ1) is 18.8. The van der Waals surface area contributed by atoms with E-state index < -0.39 is 11.7 Å². The zero-order chi connectivity index (χ0) is 29.1. The number of rotatable bonds is 8. The fourth-order valence-corrected chi connectivity index (χ4v) is 4.59. The highest BCUT2D eigenvalue weighted by atomic mass is 19.4. The summed E-state index contributed by atoms with van der Waals surface area (Å²) in [5, 5.41) is 16.2. The number of aromatic amines is 1. The number of aromatic nitrogens is 4. The number of hydrogen-bond acceptors (Lipinski definition) is 5. The van der Waals surface area contributed by atoms with Crippen LogP contribution in [0.3, 0.4) is 0 Å². The minimum absolute atomic E-state index is 0.0461. The van der Waals surface area contributed by atoms with E-state index in [0.29, 0.717) is 22.7 Å². The fraction of sp³-hybridized carbons (Fsp3) is 0.333. The highest BCUT2D eigenvalue weighted by Crippen LogP contribution is 2.37. The monoisotopic (exact) mass is 551 g/mol. The van der Waals surface area contributed by atoms with E-state index in [1.54, 1.807) is 12.1 Å². The van der Waals surface area contributed by atoms with Crippen LogP contribution < -0.4 is 10.1 Å². The maximum Gasteiger partial charge on any atom is 0.416 e. The van der Waals surface area contributed by atoms with Gasteiger partial charge >= 0.3 is 6.18 Å². The largest absolute Gasteiger partial charge is 0.486 e. The normalized spacial score (nSPS) is 12.7. The van der Waals surface area contributed by atoms with Gasteiger partial charge in [0.05, 0.1) is 12.1 Å². The van der Waals surface area contributed by atoms with E-state index in [2.05, 4.69) is 46.7 Å². The number of hydrogen-bond donors (Lipinski definition) is 2. The standard InChI is InChI=1S/C30H32F3N5O2/c1-18-14-24(15-19(2)27(18)21-10-12-23(13-11-21)30(31,32)33)40-25(16-29(3,4)5)20-6-8-22(9-7-20)28(39)34-17-26-35-37-38-36-26/h6-15,25H,16-17H2,1-5H3,(H,34,39)(H,35,36,37,38). The van der Waals surface area contributed by atoms with Crippen molar-refractivity contribution in [3.8, 4) is 16.9 Å². The third-order valence-corrected chi connectivity index (χ3v) is 6.42. The van der Waals surface area contributed by atoms with E-state index in [0.717, 1.165) is 40.8 Å². The number of alkyl halides is 3. The van der Waals surface area contributed by atoms with Crippen LogP contribution in [-0.2, 0) is 12.7 Å². The molecule has 1 atom stereocenters. The highest BCUT2D eigenvalue weighted by molar-refractivity contribution is 5.94. The summed E-state index contributed by atoms with van der Waals surface area (Å²) in [5.74, 6) is 0.801. The number of halogens is 3. The number of nitrogens with one attached hydrogen (secondary N) is 2. The molecule has 0 saturated heterocycles. The average Bonchev–Trinajstić information content (AvgIpc) is 3.39. The Bertz CT molecular complexity index is 1420. The molecule has 0 spiro atoms. The average molecular weight is 552 g/mol. The Kier molecular flexibility index (Phi) is 8.27. The van der Waals surface area contributed by atoms with Crippen molar-refractivity contribution < 1.29 is 22.7 Å². The Labute approximate surface area is 231 Å². The van der Waals surface area contributed by atoms with Crippen LogP contribution in [0.4, 0.5) is 13.2 Å². The van der Waals surface area contributed by atoms with Gasteiger partial charge in [0.2, 0.25) is 0 Å². The molecule has 4 rings (SSSR count). The molecule has 3 aromatic carbocycles. The van der Waals surface area contributed by atoms with Crippen LogP contribution in [0.1, 0.15) is 71.7 Å². The molecule has 7 nitrogen and oxygen atoms in total. The Morgan fingerprint density at radius 3 is 2.12 bits per heavy atom. The Morgan fingerprint density at radius 2 is 1.60 bits per heavy atom. The maximum absolute atomic E-state index is 13.0. The molecule has 0 aliphatic heterocycles. The summed E-state index contributed by atoms with van der Waals surface area (Å²) in [4.78, 5) is 12.5. The Balaban J connectivity index is 1.54. The van der Waals surface area contributed by atoms with E-state index in [1.807, 2.05) is 38.1 Å². The van der Waals surface area contributed by atoms with Crippen LogP contribution in [0.15, 0.2) is 60.7 Å². The van der Waals surface area contributed by atoms with Crippen LogP contribution in [0, 0.1) is 19.3 Å². The van der Waals surface area contributed by atoms with Gasteiger partial charge in [-0.2, -0.15) is 18.4 Å². The van der Waals surface area contributed by atoms with Gasteiger partial charge in [-0.3, -0.25) is 4.79 Å². The molecule has 1 heterocycles. The molecule has 40 heavy (non-hydrogen) atoms. The third-order valence-electron chi connectivity index (χ3n) is 6.42. The number of ether oxygens (including phenoxy) is 1. The van der Waals surface area contributed by atoms with E-state index in [-0.39, 0.29) is 24.0 Å². The number of H-pyrrole nitrogens is 1. The summed E-state index contributed by atoms with van der Waals surface area (Å²) in [7, 11) is 0. The maximum atomic E-state index is 13.0. The summed E-state index contributed by atoms with van der Waals surface area (Å²) < 4.78 is 45.6. The van der Waals surface area contributed by atoms with Crippen molar-refractivity contribution in [2.75, 3.05) is 0 Å². The first-order valence-corrected chi connectivity index (χ1v) is 12.9. The number of carbonyl (C=O) groups is 1. The van der Waals surface area contributed by atoms with Gasteiger partial charge in [0.15, 0.2) is 5.82 Å². The van der Waals surface area contributed by atoms with Gasteiger partial charge < -0.3 is 10.1 Å². The summed E-state index contributed by atoms with van der Waals surface area (Å²) in [5.41, 5.74) is 4.10. The zero-order valence-electron chi connectivity index (χ0n) is 23.1. The quantitative estimate of drug-likeness (QED) is 0.246. The van der Waals surface area contributed by atoms with Gasteiger partial charge in [-0.1, -0.05) is 50.3 Å². The molecule has 0 fully saturated rings. The lowest BCUT2D eigenvalue weighted by Crippen LogP contribution is -2.23. The summed E-state index contributed by atoms with van der Waals surface area (Å²) in [6.07, 6.45) is -3.94. The second kappa shape index (κ2) is 11.5. The van der Waals surface area contributed by atoms with Crippen molar-refractivity contribution in [2.45, 2.75) is 59.9 Å². The first kappa shape index (κ1) is 28.8. The number of carbonyl (C=O) groups excluding carboxylic acids is 1. The molecule has 4 aromatic rings. The van der Waals surface area contributed by atoms with Crippen LogP contribution in [-0.4, -0.2) is 26.5 Å². The number of amides is 1. The molecule has 0 aliphatic rings. The molecule has 0 bridgehead atoms. The molecule has 1 amide bonds. The van der Waals surface area contributed by atoms with Gasteiger partial charge in [0, 0.05) is 5.56 Å². The van der Waals surface area contributed by atoms with Crippen LogP contribution >= 0.6 is 0 Å². The molecule has 1 unspecified atom stereocenters. The van der Waals surface area contributed by atoms with Crippen molar-refractivity contribution in [1.82, 2.24) is 25.9 Å². The van der Waals surface area contributed by atoms with E-state index >= 15 is 0 Å². The molecular weight excluding hydrogens is 519 g/mol. The van der Waals surface area contributed by atoms with Crippen molar-refractivity contribution in [1.29, 1.82) is 0 Å². The fourth-order valence-electron chi connectivity index (χ4n) is 4.59. The van der Waals surface area contributed by atoms with E-state index in [1.165, 1.54) is 12.1 Å². The SMILES string of the molecule is Cc1cc(OC(CC(C)(C)C)c2ccc(C(=O)NCc3nn[nH]n3)cc2)cc(C)c1-c1ccc(C(F)(F)F)cc1. The van der Waals surface area contributed by atoms with Gasteiger partial charge in [-0.25, -0.2) is 0 Å². The predicted octanol–water partition coefficient (Wildman–Crippen LogP) is 6.99. The Hall–Kier alpha value is -4.21. The lowest BCUT2D eigenvalue weighted by atomic mass is 9.86. The number of nitrogens with zero attached hydrogens (tertiary/aromatic N) is 3. The van der Waals surface area contributed by atoms with Crippen molar-refractivity contribution >= 4 is 5.91 Å². The van der Waals surface area contributed by atoms with Gasteiger partial charge in [-0.05, 0) is 89.9 Å². The molecule has 0 radical (unpaired) electrons. The first-order valence-electron chi connectivity index (χ1n) is 12.9. The minimum Gasteiger partial charge on any atom is -0.486 e. The number of aryl methyl sites for hydroxylation is 2. The molecule has 210 valence electrons. The molecule has 2 N–H and O–H groups in total. The van der Waals surface area contributed by atoms with Crippen molar-refractivity contribution in [3.05, 3.63) is 94.3 Å². The lowest BCUT2D eigenvalue weighted by Gasteiger charge is -2.28. The Morgan fingerprint density at radius 1 is 0.975 bits per heavy atom. The highest BCUT2D eigenvalue weighted by Gasteiger charge is 2.30.